The molecule has 0 radical (unpaired) electrons. The van der Waals surface area contributed by atoms with Crippen LogP contribution in [0.15, 0.2) is 36.4 Å². The van der Waals surface area contributed by atoms with Gasteiger partial charge in [-0.2, -0.15) is 0 Å². The molecule has 1 aliphatic rings. The number of nitrogens with zero attached hydrogens (tertiary/aromatic N) is 2. The van der Waals surface area contributed by atoms with Crippen LogP contribution in [-0.4, -0.2) is 54.3 Å². The SMILES string of the molecule is O=C(CCl)N1CCN(CC=Cc2ccccc2)CC1. The van der Waals surface area contributed by atoms with Crippen LogP contribution < -0.4 is 0 Å². The van der Waals surface area contributed by atoms with Crippen LogP contribution in [0.2, 0.25) is 0 Å². The molecule has 1 aromatic carbocycles. The summed E-state index contributed by atoms with van der Waals surface area (Å²) in [4.78, 5) is 15.6. The molecule has 102 valence electrons. The quantitative estimate of drug-likeness (QED) is 0.788. The van der Waals surface area contributed by atoms with E-state index in [-0.39, 0.29) is 11.8 Å². The monoisotopic (exact) mass is 278 g/mol. The Morgan fingerprint density at radius 3 is 2.47 bits per heavy atom. The number of halogens is 1. The van der Waals surface area contributed by atoms with Crippen LogP contribution in [0.5, 0.6) is 0 Å². The molecule has 1 aliphatic heterocycles. The molecule has 0 N–H and O–H groups in total. The Labute approximate surface area is 119 Å². The maximum atomic E-state index is 11.4. The molecule has 1 fully saturated rings. The van der Waals surface area contributed by atoms with Crippen LogP contribution in [0.1, 0.15) is 5.56 Å². The molecule has 0 atom stereocenters. The van der Waals surface area contributed by atoms with Crippen molar-refractivity contribution < 1.29 is 4.79 Å². The molecular weight excluding hydrogens is 260 g/mol. The summed E-state index contributed by atoms with van der Waals surface area (Å²) in [5.41, 5.74) is 1.22. The lowest BCUT2D eigenvalue weighted by Gasteiger charge is -2.33. The number of alkyl halides is 1. The standard InChI is InChI=1S/C15H19ClN2O/c16-13-15(19)18-11-9-17(10-12-18)8-4-7-14-5-2-1-3-6-14/h1-7H,8-13H2. The molecule has 0 spiro atoms. The van der Waals surface area contributed by atoms with Crippen molar-refractivity contribution in [2.75, 3.05) is 38.6 Å². The van der Waals surface area contributed by atoms with Gasteiger partial charge in [0.1, 0.15) is 5.88 Å². The minimum absolute atomic E-state index is 0.0427. The molecule has 0 aromatic heterocycles. The molecule has 0 unspecified atom stereocenters. The summed E-state index contributed by atoms with van der Waals surface area (Å²) in [5.74, 6) is 0.134. The molecular formula is C15H19ClN2O. The molecule has 3 nitrogen and oxygen atoms in total. The van der Waals surface area contributed by atoms with Crippen LogP contribution in [0.3, 0.4) is 0 Å². The predicted octanol–water partition coefficient (Wildman–Crippen LogP) is 2.08. The van der Waals surface area contributed by atoms with Crippen molar-refractivity contribution in [3.63, 3.8) is 0 Å². The van der Waals surface area contributed by atoms with Crippen molar-refractivity contribution in [3.05, 3.63) is 42.0 Å². The van der Waals surface area contributed by atoms with Crippen LogP contribution in [0.4, 0.5) is 0 Å². The first-order chi connectivity index (χ1) is 9.29. The zero-order valence-corrected chi connectivity index (χ0v) is 11.7. The fraction of sp³-hybridized carbons (Fsp3) is 0.400. The lowest BCUT2D eigenvalue weighted by molar-refractivity contribution is -0.130. The number of hydrogen-bond acceptors (Lipinski definition) is 2. The minimum atomic E-state index is 0.0427. The number of piperazine rings is 1. The van der Waals surface area contributed by atoms with Gasteiger partial charge in [-0.05, 0) is 5.56 Å². The zero-order chi connectivity index (χ0) is 13.5. The van der Waals surface area contributed by atoms with E-state index in [1.165, 1.54) is 5.56 Å². The number of rotatable bonds is 4. The van der Waals surface area contributed by atoms with Crippen LogP contribution in [-0.2, 0) is 4.79 Å². The summed E-state index contributed by atoms with van der Waals surface area (Å²) in [6.45, 7) is 4.33. The van der Waals surface area contributed by atoms with Gasteiger partial charge in [-0.1, -0.05) is 42.5 Å². The second kappa shape index (κ2) is 7.31. The largest absolute Gasteiger partial charge is 0.339 e. The summed E-state index contributed by atoms with van der Waals surface area (Å²) in [6, 6.07) is 10.3. The summed E-state index contributed by atoms with van der Waals surface area (Å²) in [6.07, 6.45) is 4.31. The first-order valence-corrected chi connectivity index (χ1v) is 7.11. The van der Waals surface area contributed by atoms with Gasteiger partial charge in [0.25, 0.3) is 0 Å². The van der Waals surface area contributed by atoms with E-state index in [9.17, 15) is 4.79 Å². The van der Waals surface area contributed by atoms with Gasteiger partial charge in [-0.3, -0.25) is 9.69 Å². The average Bonchev–Trinajstić information content (AvgIpc) is 2.48. The van der Waals surface area contributed by atoms with Gasteiger partial charge in [0.15, 0.2) is 0 Å². The number of hydrogen-bond donors (Lipinski definition) is 0. The number of amides is 1. The Morgan fingerprint density at radius 2 is 1.84 bits per heavy atom. The molecule has 4 heteroatoms. The molecule has 1 heterocycles. The van der Waals surface area contributed by atoms with Crippen LogP contribution >= 0.6 is 11.6 Å². The second-order valence-corrected chi connectivity index (χ2v) is 4.90. The third kappa shape index (κ3) is 4.37. The highest BCUT2D eigenvalue weighted by Crippen LogP contribution is 2.05. The maximum absolute atomic E-state index is 11.4. The van der Waals surface area contributed by atoms with Crippen molar-refractivity contribution in [1.29, 1.82) is 0 Å². The highest BCUT2D eigenvalue weighted by Gasteiger charge is 2.19. The van der Waals surface area contributed by atoms with E-state index in [4.69, 9.17) is 11.6 Å². The lowest BCUT2D eigenvalue weighted by atomic mass is 10.2. The van der Waals surface area contributed by atoms with Crippen LogP contribution in [0.25, 0.3) is 6.08 Å². The first kappa shape index (κ1) is 14.1. The van der Waals surface area contributed by atoms with Crippen LogP contribution in [0, 0.1) is 0 Å². The van der Waals surface area contributed by atoms with Gasteiger partial charge in [0.2, 0.25) is 5.91 Å². The van der Waals surface area contributed by atoms with E-state index < -0.39 is 0 Å². The number of benzene rings is 1. The van der Waals surface area contributed by atoms with Gasteiger partial charge in [0, 0.05) is 32.7 Å². The van der Waals surface area contributed by atoms with E-state index in [1.54, 1.807) is 0 Å². The first-order valence-electron chi connectivity index (χ1n) is 6.57. The van der Waals surface area contributed by atoms with Crippen molar-refractivity contribution >= 4 is 23.6 Å². The fourth-order valence-electron chi connectivity index (χ4n) is 2.17. The predicted molar refractivity (Wildman–Crippen MR) is 79.2 cm³/mol. The van der Waals surface area contributed by atoms with E-state index in [1.807, 2.05) is 23.1 Å². The molecule has 1 amide bonds. The normalized spacial score (nSPS) is 17.0. The van der Waals surface area contributed by atoms with Crippen molar-refractivity contribution in [3.8, 4) is 0 Å². The van der Waals surface area contributed by atoms with E-state index >= 15 is 0 Å². The van der Waals surface area contributed by atoms with Gasteiger partial charge in [-0.15, -0.1) is 11.6 Å². The van der Waals surface area contributed by atoms with Crippen molar-refractivity contribution in [2.45, 2.75) is 0 Å². The van der Waals surface area contributed by atoms with Gasteiger partial charge < -0.3 is 4.90 Å². The molecule has 19 heavy (non-hydrogen) atoms. The second-order valence-electron chi connectivity index (χ2n) is 4.63. The third-order valence-electron chi connectivity index (χ3n) is 3.31. The number of carbonyl (C=O) groups excluding carboxylic acids is 1. The Bertz CT molecular complexity index is 425. The zero-order valence-electron chi connectivity index (χ0n) is 11.0. The average molecular weight is 279 g/mol. The highest BCUT2D eigenvalue weighted by molar-refractivity contribution is 6.27. The topological polar surface area (TPSA) is 23.6 Å². The smallest absolute Gasteiger partial charge is 0.237 e. The van der Waals surface area contributed by atoms with E-state index in [2.05, 4.69) is 29.2 Å². The van der Waals surface area contributed by atoms with Crippen molar-refractivity contribution in [1.82, 2.24) is 9.80 Å². The van der Waals surface area contributed by atoms with Gasteiger partial charge >= 0.3 is 0 Å². The van der Waals surface area contributed by atoms with Gasteiger partial charge in [0.05, 0.1) is 0 Å². The molecule has 1 saturated heterocycles. The number of carbonyl (C=O) groups is 1. The molecule has 1 aromatic rings. The van der Waals surface area contributed by atoms with E-state index in [0.717, 1.165) is 32.7 Å². The molecule has 0 saturated carbocycles. The summed E-state index contributed by atoms with van der Waals surface area (Å²) in [5, 5.41) is 0. The Balaban J connectivity index is 1.74. The van der Waals surface area contributed by atoms with E-state index in [0.29, 0.717) is 0 Å². The summed E-state index contributed by atoms with van der Waals surface area (Å²) < 4.78 is 0. The minimum Gasteiger partial charge on any atom is -0.339 e. The maximum Gasteiger partial charge on any atom is 0.237 e. The Kier molecular flexibility index (Phi) is 5.43. The molecule has 0 aliphatic carbocycles. The van der Waals surface area contributed by atoms with Crippen molar-refractivity contribution in [2.24, 2.45) is 0 Å². The highest BCUT2D eigenvalue weighted by atomic mass is 35.5. The summed E-state index contributed by atoms with van der Waals surface area (Å²) >= 11 is 5.56. The Morgan fingerprint density at radius 1 is 1.16 bits per heavy atom. The summed E-state index contributed by atoms with van der Waals surface area (Å²) in [7, 11) is 0. The lowest BCUT2D eigenvalue weighted by Crippen LogP contribution is -2.49. The van der Waals surface area contributed by atoms with Gasteiger partial charge in [-0.25, -0.2) is 0 Å². The molecule has 0 bridgehead atoms. The fourth-order valence-corrected chi connectivity index (χ4v) is 2.34. The third-order valence-corrected chi connectivity index (χ3v) is 3.54. The Hall–Kier alpha value is -1.32. The molecule has 2 rings (SSSR count).